The maximum absolute atomic E-state index is 13.3. The Balaban J connectivity index is 1.61. The summed E-state index contributed by atoms with van der Waals surface area (Å²) >= 11 is 23.1. The van der Waals surface area contributed by atoms with Crippen LogP contribution in [0.2, 0.25) is 10.0 Å². The third-order valence-corrected chi connectivity index (χ3v) is 7.59. The highest BCUT2D eigenvalue weighted by Crippen LogP contribution is 2.36. The molecule has 3 aromatic rings. The summed E-state index contributed by atoms with van der Waals surface area (Å²) < 4.78 is 7.13. The van der Waals surface area contributed by atoms with Crippen molar-refractivity contribution in [2.24, 2.45) is 0 Å². The van der Waals surface area contributed by atoms with Crippen LogP contribution >= 0.6 is 73.9 Å². The number of rotatable bonds is 6. The molecule has 0 unspecified atom stereocenters. The summed E-state index contributed by atoms with van der Waals surface area (Å²) in [7, 11) is 0. The van der Waals surface area contributed by atoms with Gasteiger partial charge in [-0.3, -0.25) is 29.9 Å². The van der Waals surface area contributed by atoms with E-state index in [1.807, 2.05) is 0 Å². The molecule has 1 saturated heterocycles. The fourth-order valence-corrected chi connectivity index (χ4v) is 5.85. The van der Waals surface area contributed by atoms with Crippen LogP contribution in [0.5, 0.6) is 5.75 Å². The topological polar surface area (TPSA) is 102 Å². The Morgan fingerprint density at radius 2 is 1.89 bits per heavy atom. The lowest BCUT2D eigenvalue weighted by atomic mass is 10.1. The van der Waals surface area contributed by atoms with Crippen LogP contribution in [0.1, 0.15) is 11.1 Å². The van der Waals surface area contributed by atoms with Crippen molar-refractivity contribution in [2.75, 3.05) is 4.90 Å². The first-order chi connectivity index (χ1) is 17.6. The van der Waals surface area contributed by atoms with E-state index in [9.17, 15) is 19.7 Å². The van der Waals surface area contributed by atoms with Gasteiger partial charge in [0.05, 0.1) is 28.7 Å². The molecule has 0 radical (unpaired) electrons. The van der Waals surface area contributed by atoms with E-state index in [1.54, 1.807) is 42.5 Å². The van der Waals surface area contributed by atoms with E-state index in [2.05, 4.69) is 43.8 Å². The summed E-state index contributed by atoms with van der Waals surface area (Å²) in [5.74, 6) is -0.807. The SMILES string of the molecule is O=C1NC(=S)N(c2cccc(Cl)c2Cl)C(=O)/C1=C/c1cc(Br)c(OCc2cccc([N+](=O)[O-])c2)c(I)c1. The van der Waals surface area contributed by atoms with Gasteiger partial charge < -0.3 is 4.74 Å². The first kappa shape index (κ1) is 27.5. The number of carbonyl (C=O) groups excluding carboxylic acids is 2. The molecule has 2 amide bonds. The number of nitro groups is 1. The highest BCUT2D eigenvalue weighted by Gasteiger charge is 2.35. The number of halogens is 4. The third-order valence-electron chi connectivity index (χ3n) is 5.11. The average molecular weight is 733 g/mol. The quantitative estimate of drug-likeness (QED) is 0.0759. The number of nitrogens with one attached hydrogen (secondary N) is 1. The van der Waals surface area contributed by atoms with E-state index < -0.39 is 16.7 Å². The summed E-state index contributed by atoms with van der Waals surface area (Å²) in [4.78, 5) is 37.6. The van der Waals surface area contributed by atoms with Crippen molar-refractivity contribution >= 4 is 108 Å². The lowest BCUT2D eigenvalue weighted by molar-refractivity contribution is -0.384. The molecular weight excluding hydrogens is 720 g/mol. The Morgan fingerprint density at radius 3 is 2.59 bits per heavy atom. The van der Waals surface area contributed by atoms with E-state index in [0.29, 0.717) is 24.9 Å². The number of ether oxygens (including phenoxy) is 1. The first-order valence-electron chi connectivity index (χ1n) is 10.3. The number of nitrogens with zero attached hydrogens (tertiary/aromatic N) is 2. The van der Waals surface area contributed by atoms with Crippen LogP contribution in [-0.4, -0.2) is 21.9 Å². The third kappa shape index (κ3) is 5.96. The molecule has 1 aliphatic heterocycles. The Hall–Kier alpha value is -2.58. The molecule has 1 fully saturated rings. The van der Waals surface area contributed by atoms with Crippen molar-refractivity contribution in [2.45, 2.75) is 6.61 Å². The minimum Gasteiger partial charge on any atom is -0.487 e. The number of hydrogen-bond donors (Lipinski definition) is 1. The largest absolute Gasteiger partial charge is 0.487 e. The maximum Gasteiger partial charge on any atom is 0.270 e. The maximum atomic E-state index is 13.3. The van der Waals surface area contributed by atoms with Gasteiger partial charge in [-0.15, -0.1) is 0 Å². The number of carbonyl (C=O) groups is 2. The van der Waals surface area contributed by atoms with E-state index >= 15 is 0 Å². The van der Waals surface area contributed by atoms with Crippen LogP contribution < -0.4 is 15.0 Å². The molecule has 188 valence electrons. The van der Waals surface area contributed by atoms with Crippen LogP contribution in [0.4, 0.5) is 11.4 Å². The van der Waals surface area contributed by atoms with Gasteiger partial charge in [0.25, 0.3) is 17.5 Å². The summed E-state index contributed by atoms with van der Waals surface area (Å²) in [5, 5.41) is 13.8. The van der Waals surface area contributed by atoms with E-state index in [-0.39, 0.29) is 38.7 Å². The molecule has 0 saturated carbocycles. The highest BCUT2D eigenvalue weighted by molar-refractivity contribution is 14.1. The van der Waals surface area contributed by atoms with Gasteiger partial charge in [-0.05, 0) is 92.2 Å². The number of thiocarbonyl (C=S) groups is 1. The van der Waals surface area contributed by atoms with Crippen molar-refractivity contribution in [3.05, 3.63) is 99.5 Å². The zero-order valence-corrected chi connectivity index (χ0v) is 24.4. The van der Waals surface area contributed by atoms with Gasteiger partial charge >= 0.3 is 0 Å². The fourth-order valence-electron chi connectivity index (χ4n) is 3.42. The van der Waals surface area contributed by atoms with Gasteiger partial charge in [-0.1, -0.05) is 41.4 Å². The van der Waals surface area contributed by atoms with Crippen LogP contribution in [0, 0.1) is 13.7 Å². The van der Waals surface area contributed by atoms with Gasteiger partial charge in [-0.25, -0.2) is 0 Å². The molecule has 0 atom stereocenters. The number of amides is 2. The number of non-ortho nitro benzene ring substituents is 1. The Labute approximate surface area is 248 Å². The second-order valence-electron chi connectivity index (χ2n) is 7.56. The molecule has 0 bridgehead atoms. The van der Waals surface area contributed by atoms with Crippen molar-refractivity contribution in [1.82, 2.24) is 5.32 Å². The summed E-state index contributed by atoms with van der Waals surface area (Å²) in [6, 6.07) is 14.3. The molecule has 0 aliphatic carbocycles. The van der Waals surface area contributed by atoms with E-state index in [0.717, 1.165) is 4.90 Å². The minimum atomic E-state index is -0.657. The molecule has 1 heterocycles. The second kappa shape index (κ2) is 11.4. The second-order valence-corrected chi connectivity index (χ2v) is 10.7. The standard InChI is InChI=1S/C24H13BrCl2IN3O5S/c25-16-9-13(10-18(28)21(16)36-11-12-3-1-4-14(7-12)31(34)35)8-15-22(32)29-24(37)30(23(15)33)19-6-2-5-17(26)20(19)27/h1-10H,11H2,(H,29,32,37)/b15-8+. The number of hydrogen-bond acceptors (Lipinski definition) is 6. The molecule has 4 rings (SSSR count). The summed E-state index contributed by atoms with van der Waals surface area (Å²) in [6.07, 6.45) is 1.43. The predicted molar refractivity (Wildman–Crippen MR) is 157 cm³/mol. The van der Waals surface area contributed by atoms with Crippen LogP contribution in [-0.2, 0) is 16.2 Å². The summed E-state index contributed by atoms with van der Waals surface area (Å²) in [6.45, 7) is 0.102. The van der Waals surface area contributed by atoms with Crippen molar-refractivity contribution in [1.29, 1.82) is 0 Å². The van der Waals surface area contributed by atoms with Gasteiger partial charge in [-0.2, -0.15) is 0 Å². The molecular formula is C24H13BrCl2IN3O5S. The minimum absolute atomic E-state index is 0.0279. The van der Waals surface area contributed by atoms with Crippen molar-refractivity contribution in [3.8, 4) is 5.75 Å². The van der Waals surface area contributed by atoms with E-state index in [4.69, 9.17) is 40.2 Å². The highest BCUT2D eigenvalue weighted by atomic mass is 127. The Bertz CT molecular complexity index is 1490. The zero-order valence-electron chi connectivity index (χ0n) is 18.3. The van der Waals surface area contributed by atoms with Crippen LogP contribution in [0.15, 0.2) is 64.6 Å². The van der Waals surface area contributed by atoms with Gasteiger partial charge in [0.1, 0.15) is 17.9 Å². The number of anilines is 1. The van der Waals surface area contributed by atoms with Gasteiger partial charge in [0, 0.05) is 12.1 Å². The molecule has 0 aromatic heterocycles. The van der Waals surface area contributed by atoms with Gasteiger partial charge in [0.15, 0.2) is 5.11 Å². The number of nitro benzene ring substituents is 1. The lowest BCUT2D eigenvalue weighted by Gasteiger charge is -2.29. The lowest BCUT2D eigenvalue weighted by Crippen LogP contribution is -2.54. The first-order valence-corrected chi connectivity index (χ1v) is 13.3. The fraction of sp³-hybridized carbons (Fsp3) is 0.0417. The van der Waals surface area contributed by atoms with Gasteiger partial charge in [0.2, 0.25) is 0 Å². The molecule has 1 aliphatic rings. The molecule has 3 aromatic carbocycles. The van der Waals surface area contributed by atoms with E-state index in [1.165, 1.54) is 18.2 Å². The molecule has 37 heavy (non-hydrogen) atoms. The number of benzene rings is 3. The van der Waals surface area contributed by atoms with Crippen LogP contribution in [0.3, 0.4) is 0 Å². The van der Waals surface area contributed by atoms with Crippen molar-refractivity contribution < 1.29 is 19.2 Å². The molecule has 13 heteroatoms. The monoisotopic (exact) mass is 731 g/mol. The van der Waals surface area contributed by atoms with Crippen LogP contribution in [0.25, 0.3) is 6.08 Å². The Kier molecular flexibility index (Phi) is 8.49. The molecule has 1 N–H and O–H groups in total. The zero-order chi connectivity index (χ0) is 26.9. The Morgan fingerprint density at radius 1 is 1.16 bits per heavy atom. The smallest absolute Gasteiger partial charge is 0.270 e. The van der Waals surface area contributed by atoms with Crippen molar-refractivity contribution in [3.63, 3.8) is 0 Å². The molecule has 0 spiro atoms. The molecule has 8 nitrogen and oxygen atoms in total. The average Bonchev–Trinajstić information content (AvgIpc) is 2.84. The normalized spacial score (nSPS) is 14.6. The summed E-state index contributed by atoms with van der Waals surface area (Å²) in [5.41, 5.74) is 1.24. The predicted octanol–water partition coefficient (Wildman–Crippen LogP) is 6.68.